The zero-order chi connectivity index (χ0) is 31.8. The van der Waals surface area contributed by atoms with E-state index in [2.05, 4.69) is 0 Å². The van der Waals surface area contributed by atoms with E-state index in [0.29, 0.717) is 0 Å². The minimum atomic E-state index is -1.12. The lowest BCUT2D eigenvalue weighted by atomic mass is 10.1. The van der Waals surface area contributed by atoms with Crippen LogP contribution in [0.25, 0.3) is 21.5 Å². The number of methoxy groups -OCH3 is 1. The third kappa shape index (κ3) is 7.69. The first-order valence-corrected chi connectivity index (χ1v) is 12.6. The minimum Gasteiger partial charge on any atom is -0.507 e. The van der Waals surface area contributed by atoms with Crippen LogP contribution in [0.4, 0.5) is 0 Å². The maximum Gasteiger partial charge on any atom is 0.339 e. The average Bonchev–Trinajstić information content (AvgIpc) is 2.96. The zero-order valence-corrected chi connectivity index (χ0v) is 23.2. The Labute approximate surface area is 249 Å². The van der Waals surface area contributed by atoms with E-state index in [1.807, 2.05) is 36.4 Å². The highest BCUT2D eigenvalue weighted by Crippen LogP contribution is 2.27. The van der Waals surface area contributed by atoms with Gasteiger partial charge in [0, 0.05) is 0 Å². The molecule has 0 aromatic heterocycles. The lowest BCUT2D eigenvalue weighted by molar-refractivity contribution is 0.0682. The molecule has 0 unspecified atom stereocenters. The fourth-order valence-corrected chi connectivity index (χ4v) is 4.16. The van der Waals surface area contributed by atoms with Crippen molar-refractivity contribution in [3.05, 3.63) is 112 Å². The summed E-state index contributed by atoms with van der Waals surface area (Å²) in [5.41, 5.74) is 10.2. The van der Waals surface area contributed by atoms with Crippen molar-refractivity contribution in [1.29, 1.82) is 0 Å². The highest BCUT2D eigenvalue weighted by Gasteiger charge is 2.16. The second kappa shape index (κ2) is 13.7. The first-order chi connectivity index (χ1) is 20.3. The number of nitrogens with two attached hydrogens (primary N) is 2. The summed E-state index contributed by atoms with van der Waals surface area (Å²) in [5.74, 6) is -3.85. The van der Waals surface area contributed by atoms with Gasteiger partial charge in [0.1, 0.15) is 28.4 Å². The molecule has 0 saturated heterocycles. The summed E-state index contributed by atoms with van der Waals surface area (Å²) in [7, 11) is 1.35. The smallest absolute Gasteiger partial charge is 0.339 e. The molecule has 0 fully saturated rings. The number of phenols is 2. The van der Waals surface area contributed by atoms with Gasteiger partial charge in [0.15, 0.2) is 0 Å². The Morgan fingerprint density at radius 1 is 0.605 bits per heavy atom. The van der Waals surface area contributed by atoms with Gasteiger partial charge in [-0.2, -0.15) is 0 Å². The van der Waals surface area contributed by atoms with Crippen molar-refractivity contribution >= 4 is 56.9 Å². The van der Waals surface area contributed by atoms with E-state index in [9.17, 15) is 29.4 Å². The number of aromatic hydroxyl groups is 2. The molecule has 0 spiro atoms. The lowest BCUT2D eigenvalue weighted by Crippen LogP contribution is -2.16. The Bertz CT molecular complexity index is 1780. The molecule has 11 nitrogen and oxygen atoms in total. The Morgan fingerprint density at radius 2 is 0.977 bits per heavy atom. The van der Waals surface area contributed by atoms with Crippen LogP contribution in [-0.4, -0.2) is 51.3 Å². The number of ether oxygens (including phenoxy) is 1. The number of aromatic carboxylic acids is 2. The number of hydrogen-bond donors (Lipinski definition) is 6. The van der Waals surface area contributed by atoms with Crippen molar-refractivity contribution in [1.82, 2.24) is 0 Å². The summed E-state index contributed by atoms with van der Waals surface area (Å²) < 4.78 is 4.89. The molecule has 5 aromatic rings. The zero-order valence-electron chi connectivity index (χ0n) is 22.4. The number of hydrogen-bond acceptors (Lipinski definition) is 7. The Balaban J connectivity index is 0.000000177. The molecule has 5 rings (SSSR count). The molecule has 0 aliphatic heterocycles. The van der Waals surface area contributed by atoms with E-state index in [4.69, 9.17) is 38.0 Å². The summed E-state index contributed by atoms with van der Waals surface area (Å²) in [6.45, 7) is 0. The topological polar surface area (TPSA) is 210 Å². The quantitative estimate of drug-likeness (QED) is 0.158. The highest BCUT2D eigenvalue weighted by atomic mass is 35.5. The van der Waals surface area contributed by atoms with Crippen LogP contribution in [0.1, 0.15) is 41.4 Å². The number of fused-ring (bicyclic) bond motifs is 2. The van der Waals surface area contributed by atoms with E-state index in [1.165, 1.54) is 43.5 Å². The summed E-state index contributed by atoms with van der Waals surface area (Å²) in [5, 5.41) is 39.7. The van der Waals surface area contributed by atoms with Crippen LogP contribution in [-0.2, 0) is 0 Å². The minimum absolute atomic E-state index is 0.0660. The van der Waals surface area contributed by atoms with Gasteiger partial charge in [0.2, 0.25) is 5.91 Å². The van der Waals surface area contributed by atoms with Gasteiger partial charge in [0.25, 0.3) is 5.91 Å². The summed E-state index contributed by atoms with van der Waals surface area (Å²) in [6.07, 6.45) is 0. The second-order valence-corrected chi connectivity index (χ2v) is 9.21. The molecule has 43 heavy (non-hydrogen) atoms. The van der Waals surface area contributed by atoms with Crippen LogP contribution in [0.5, 0.6) is 17.2 Å². The van der Waals surface area contributed by atoms with Crippen LogP contribution in [0.2, 0.25) is 5.02 Å². The largest absolute Gasteiger partial charge is 0.507 e. The first kappa shape index (κ1) is 31.7. The number of rotatable bonds is 5. The molecule has 8 N–H and O–H groups in total. The molecule has 220 valence electrons. The average molecular weight is 605 g/mol. The number of carbonyl (C=O) groups excluding carboxylic acids is 2. The maximum absolute atomic E-state index is 11.0. The monoisotopic (exact) mass is 604 g/mol. The van der Waals surface area contributed by atoms with Gasteiger partial charge < -0.3 is 36.6 Å². The molecule has 5 aromatic carbocycles. The van der Waals surface area contributed by atoms with Crippen molar-refractivity contribution in [2.45, 2.75) is 0 Å². The van der Waals surface area contributed by atoms with Gasteiger partial charge >= 0.3 is 11.9 Å². The lowest BCUT2D eigenvalue weighted by Gasteiger charge is -2.08. The van der Waals surface area contributed by atoms with Gasteiger partial charge in [-0.15, -0.1) is 0 Å². The molecule has 2 amide bonds. The molecule has 12 heteroatoms. The van der Waals surface area contributed by atoms with Gasteiger partial charge in [-0.05, 0) is 57.9 Å². The molecular weight excluding hydrogens is 580 g/mol. The van der Waals surface area contributed by atoms with Crippen molar-refractivity contribution in [3.63, 3.8) is 0 Å². The van der Waals surface area contributed by atoms with Crippen LogP contribution < -0.4 is 16.2 Å². The van der Waals surface area contributed by atoms with Gasteiger partial charge in [0.05, 0.1) is 23.3 Å². The Morgan fingerprint density at radius 3 is 1.30 bits per heavy atom. The number of benzene rings is 5. The number of amides is 2. The van der Waals surface area contributed by atoms with Gasteiger partial charge in [-0.25, -0.2) is 9.59 Å². The van der Waals surface area contributed by atoms with Crippen LogP contribution in [0.15, 0.2) is 84.9 Å². The number of halogens is 1. The van der Waals surface area contributed by atoms with Crippen molar-refractivity contribution in [2.24, 2.45) is 11.5 Å². The molecule has 0 aliphatic rings. The summed E-state index contributed by atoms with van der Waals surface area (Å²) in [6, 6.07) is 23.0. The fourth-order valence-electron chi connectivity index (χ4n) is 3.90. The maximum atomic E-state index is 11.0. The predicted octanol–water partition coefficient (Wildman–Crippen LogP) is 5.03. The summed E-state index contributed by atoms with van der Waals surface area (Å²) >= 11 is 5.73. The molecular formula is C31H25ClN2O9. The number of carbonyl (C=O) groups is 4. The number of carboxylic acids is 2. The first-order valence-electron chi connectivity index (χ1n) is 12.2. The standard InChI is InChI=1S/2C11H8O3.C9H9ClN2O3/c2*12-10-6-8-4-2-1-3-7(8)5-9(10)11(13)14;1-15-7-3-4(8(11)13)6(10)2-5(7)9(12)14/h2*1-6,12H,(H,13,14);2-3H,1H3,(H2,11,13)(H2,12,14). The van der Waals surface area contributed by atoms with E-state index in [-0.39, 0.29) is 44.5 Å². The molecule has 0 aliphatic carbocycles. The molecule has 0 bridgehead atoms. The van der Waals surface area contributed by atoms with Crippen molar-refractivity contribution < 1.29 is 44.3 Å². The molecule has 0 atom stereocenters. The normalized spacial score (nSPS) is 10.1. The van der Waals surface area contributed by atoms with Crippen molar-refractivity contribution in [3.8, 4) is 17.2 Å². The third-order valence-electron chi connectivity index (χ3n) is 6.01. The van der Waals surface area contributed by atoms with E-state index < -0.39 is 23.8 Å². The van der Waals surface area contributed by atoms with E-state index >= 15 is 0 Å². The van der Waals surface area contributed by atoms with Gasteiger partial charge in [-0.1, -0.05) is 60.1 Å². The fraction of sp³-hybridized carbons (Fsp3) is 0.0323. The number of primary amides is 2. The van der Waals surface area contributed by atoms with E-state index in [0.717, 1.165) is 21.5 Å². The Kier molecular flexibility index (Phi) is 10.1. The predicted molar refractivity (Wildman–Crippen MR) is 160 cm³/mol. The van der Waals surface area contributed by atoms with Crippen molar-refractivity contribution in [2.75, 3.05) is 7.11 Å². The van der Waals surface area contributed by atoms with Crippen LogP contribution >= 0.6 is 11.6 Å². The molecule has 0 saturated carbocycles. The summed E-state index contributed by atoms with van der Waals surface area (Å²) in [4.78, 5) is 43.3. The highest BCUT2D eigenvalue weighted by molar-refractivity contribution is 6.34. The van der Waals surface area contributed by atoms with Crippen LogP contribution in [0.3, 0.4) is 0 Å². The SMILES string of the molecule is COc1cc(C(N)=O)c(Cl)cc1C(N)=O.O=C(O)c1cc2ccccc2cc1O.O=C(O)c1cc2ccccc2cc1O. The van der Waals surface area contributed by atoms with Crippen LogP contribution in [0, 0.1) is 0 Å². The molecule has 0 radical (unpaired) electrons. The van der Waals surface area contributed by atoms with Gasteiger partial charge in [-0.3, -0.25) is 9.59 Å². The number of carboxylic acid groups (broad SMARTS) is 2. The Hall–Kier alpha value is -5.81. The third-order valence-corrected chi connectivity index (χ3v) is 6.32. The second-order valence-electron chi connectivity index (χ2n) is 8.80. The van der Waals surface area contributed by atoms with E-state index in [1.54, 1.807) is 12.1 Å². The molecule has 0 heterocycles.